The molecule has 0 atom stereocenters. The van der Waals surface area contributed by atoms with Crippen molar-refractivity contribution in [1.29, 1.82) is 0 Å². The van der Waals surface area contributed by atoms with E-state index in [1.54, 1.807) is 52.6 Å². The number of hydrogen-bond donors (Lipinski definition) is 0. The lowest BCUT2D eigenvalue weighted by molar-refractivity contribution is -0.124. The number of piperidine rings is 1. The van der Waals surface area contributed by atoms with Gasteiger partial charge in [0.2, 0.25) is 5.91 Å². The summed E-state index contributed by atoms with van der Waals surface area (Å²) >= 11 is 0. The summed E-state index contributed by atoms with van der Waals surface area (Å²) < 4.78 is 49.5. The Hall–Kier alpha value is -2.16. The van der Waals surface area contributed by atoms with Crippen molar-refractivity contribution in [3.8, 4) is 5.75 Å². The van der Waals surface area contributed by atoms with E-state index >= 15 is 4.39 Å². The summed E-state index contributed by atoms with van der Waals surface area (Å²) in [5, 5.41) is 0. The number of likely N-dealkylation sites (N-methyl/N-ethyl adjacent to an activating group) is 1. The van der Waals surface area contributed by atoms with Crippen molar-refractivity contribution < 1.29 is 37.1 Å². The number of benzene rings is 1. The van der Waals surface area contributed by atoms with Gasteiger partial charge in [0, 0.05) is 37.8 Å². The molecule has 1 aromatic carbocycles. The summed E-state index contributed by atoms with van der Waals surface area (Å²) in [4.78, 5) is 28.7. The molecule has 0 aromatic heterocycles. The van der Waals surface area contributed by atoms with Crippen LogP contribution >= 0.6 is 7.60 Å². The van der Waals surface area contributed by atoms with Crippen LogP contribution in [0.5, 0.6) is 5.75 Å². The number of carbonyl (C=O) groups is 2. The Kier molecular flexibility index (Phi) is 7.65. The molecule has 11 heteroatoms. The van der Waals surface area contributed by atoms with Gasteiger partial charge in [-0.3, -0.25) is 9.36 Å². The Bertz CT molecular complexity index is 976. The number of amides is 2. The van der Waals surface area contributed by atoms with Gasteiger partial charge in [-0.05, 0) is 47.5 Å². The molecule has 2 aliphatic heterocycles. The normalized spacial score (nSPS) is 17.8. The van der Waals surface area contributed by atoms with E-state index in [0.29, 0.717) is 11.3 Å². The summed E-state index contributed by atoms with van der Waals surface area (Å²) in [6, 6.07) is 2.75. The van der Waals surface area contributed by atoms with Crippen molar-refractivity contribution >= 4 is 25.3 Å². The molecule has 34 heavy (non-hydrogen) atoms. The summed E-state index contributed by atoms with van der Waals surface area (Å²) in [6.07, 6.45) is -0.258. The average molecular weight is 501 g/mol. The minimum atomic E-state index is -3.49. The van der Waals surface area contributed by atoms with Crippen LogP contribution in [0.4, 0.5) is 14.9 Å². The maximum atomic E-state index is 15.4. The van der Waals surface area contributed by atoms with E-state index in [0.717, 1.165) is 0 Å². The highest BCUT2D eigenvalue weighted by Gasteiger charge is 2.53. The van der Waals surface area contributed by atoms with Crippen LogP contribution in [0.25, 0.3) is 0 Å². The number of fused-ring (bicyclic) bond motifs is 2. The molecule has 1 spiro atoms. The topological polar surface area (TPSA) is 94.6 Å². The lowest BCUT2D eigenvalue weighted by atomic mass is 9.73. The molecule has 1 fully saturated rings. The molecule has 0 aliphatic carbocycles. The molecule has 2 aliphatic rings. The van der Waals surface area contributed by atoms with E-state index in [9.17, 15) is 14.2 Å². The quantitative estimate of drug-likeness (QED) is 0.502. The lowest BCUT2D eigenvalue weighted by Gasteiger charge is -2.38. The Morgan fingerprint density at radius 1 is 1.15 bits per heavy atom. The number of ether oxygens (including phenoxy) is 2. The second-order valence-corrected chi connectivity index (χ2v) is 11.4. The van der Waals surface area contributed by atoms with E-state index < -0.39 is 30.5 Å². The van der Waals surface area contributed by atoms with Crippen molar-refractivity contribution in [3.63, 3.8) is 0 Å². The Morgan fingerprint density at radius 2 is 1.74 bits per heavy atom. The summed E-state index contributed by atoms with van der Waals surface area (Å²) in [6.45, 7) is 9.66. The Morgan fingerprint density at radius 3 is 2.26 bits per heavy atom. The van der Waals surface area contributed by atoms with E-state index in [-0.39, 0.29) is 57.1 Å². The molecule has 0 N–H and O–H groups in total. The second-order valence-electron chi connectivity index (χ2n) is 9.43. The standard InChI is InChI=1S/C23H34FN2O7P/c1-7-31-34(29,32-8-2)15-30-16-13-17(24)19-18(14-16)25(6)20(27)23(19)9-11-26(12-10-23)21(28)33-22(3,4)5/h13-14H,7-12,15H2,1-6H3. The van der Waals surface area contributed by atoms with Gasteiger partial charge in [-0.15, -0.1) is 0 Å². The third-order valence-corrected chi connectivity index (χ3v) is 7.65. The van der Waals surface area contributed by atoms with E-state index in [2.05, 4.69) is 0 Å². The van der Waals surface area contributed by atoms with Gasteiger partial charge >= 0.3 is 13.7 Å². The third-order valence-electron chi connectivity index (χ3n) is 5.91. The van der Waals surface area contributed by atoms with Gasteiger partial charge in [0.25, 0.3) is 0 Å². The Balaban J connectivity index is 1.81. The molecule has 1 aromatic rings. The fourth-order valence-electron chi connectivity index (χ4n) is 4.45. The van der Waals surface area contributed by atoms with Crippen LogP contribution in [0.2, 0.25) is 0 Å². The molecule has 0 radical (unpaired) electrons. The van der Waals surface area contributed by atoms with Crippen LogP contribution in [0.3, 0.4) is 0 Å². The first-order chi connectivity index (χ1) is 15.9. The first-order valence-corrected chi connectivity index (χ1v) is 13.2. The Labute approximate surface area is 200 Å². The predicted molar refractivity (Wildman–Crippen MR) is 125 cm³/mol. The zero-order chi connectivity index (χ0) is 25.3. The second kappa shape index (κ2) is 9.84. The van der Waals surface area contributed by atoms with Crippen molar-refractivity contribution in [2.45, 2.75) is 58.5 Å². The van der Waals surface area contributed by atoms with Crippen molar-refractivity contribution in [3.05, 3.63) is 23.5 Å². The predicted octanol–water partition coefficient (Wildman–Crippen LogP) is 4.67. The summed E-state index contributed by atoms with van der Waals surface area (Å²) in [7, 11) is -1.90. The first-order valence-electron chi connectivity index (χ1n) is 11.5. The third kappa shape index (κ3) is 5.24. The van der Waals surface area contributed by atoms with Crippen LogP contribution in [0.1, 0.15) is 53.0 Å². The van der Waals surface area contributed by atoms with Crippen LogP contribution in [0.15, 0.2) is 12.1 Å². The molecule has 2 amide bonds. The van der Waals surface area contributed by atoms with E-state index in [1.165, 1.54) is 11.0 Å². The number of rotatable bonds is 7. The molecular weight excluding hydrogens is 466 g/mol. The molecular formula is C23H34FN2O7P. The van der Waals surface area contributed by atoms with E-state index in [1.807, 2.05) is 0 Å². The summed E-state index contributed by atoms with van der Waals surface area (Å²) in [5.41, 5.74) is -0.988. The number of halogens is 1. The van der Waals surface area contributed by atoms with Gasteiger partial charge in [-0.25, -0.2) is 9.18 Å². The minimum Gasteiger partial charge on any atom is -0.481 e. The van der Waals surface area contributed by atoms with Gasteiger partial charge < -0.3 is 28.3 Å². The maximum absolute atomic E-state index is 15.4. The van der Waals surface area contributed by atoms with Crippen LogP contribution in [0, 0.1) is 5.82 Å². The highest BCUT2D eigenvalue weighted by atomic mass is 31.2. The monoisotopic (exact) mass is 500 g/mol. The highest BCUT2D eigenvalue weighted by molar-refractivity contribution is 7.53. The smallest absolute Gasteiger partial charge is 0.410 e. The van der Waals surface area contributed by atoms with Gasteiger partial charge in [0.05, 0.1) is 24.3 Å². The highest BCUT2D eigenvalue weighted by Crippen LogP contribution is 2.51. The minimum absolute atomic E-state index is 0.124. The van der Waals surface area contributed by atoms with Gasteiger partial charge in [0.1, 0.15) is 17.2 Å². The molecule has 3 rings (SSSR count). The van der Waals surface area contributed by atoms with Crippen LogP contribution in [-0.4, -0.2) is 62.2 Å². The number of nitrogens with zero attached hydrogens (tertiary/aromatic N) is 2. The molecule has 9 nitrogen and oxygen atoms in total. The van der Waals surface area contributed by atoms with Crippen molar-refractivity contribution in [2.24, 2.45) is 0 Å². The molecule has 190 valence electrons. The summed E-state index contributed by atoms with van der Waals surface area (Å²) in [5.74, 6) is -0.686. The van der Waals surface area contributed by atoms with Crippen LogP contribution in [-0.2, 0) is 28.6 Å². The number of anilines is 1. The van der Waals surface area contributed by atoms with Gasteiger partial charge in [-0.1, -0.05) is 0 Å². The SMILES string of the molecule is CCOP(=O)(COc1cc(F)c2c(c1)N(C)C(=O)C21CCN(C(=O)OC(C)(C)C)CC1)OCC. The van der Waals surface area contributed by atoms with Crippen LogP contribution < -0.4 is 9.64 Å². The number of carbonyl (C=O) groups excluding carboxylic acids is 2. The molecule has 0 saturated carbocycles. The lowest BCUT2D eigenvalue weighted by Crippen LogP contribution is -2.50. The molecule has 1 saturated heterocycles. The first kappa shape index (κ1) is 26.4. The van der Waals surface area contributed by atoms with Crippen molar-refractivity contribution in [2.75, 3.05) is 44.6 Å². The largest absolute Gasteiger partial charge is 0.481 e. The van der Waals surface area contributed by atoms with Gasteiger partial charge in [-0.2, -0.15) is 0 Å². The van der Waals surface area contributed by atoms with Crippen molar-refractivity contribution in [1.82, 2.24) is 4.90 Å². The number of hydrogen-bond acceptors (Lipinski definition) is 7. The van der Waals surface area contributed by atoms with Gasteiger partial charge in [0.15, 0.2) is 6.35 Å². The zero-order valence-electron chi connectivity index (χ0n) is 20.7. The fraction of sp³-hybridized carbons (Fsp3) is 0.652. The fourth-order valence-corrected chi connectivity index (χ4v) is 5.76. The number of likely N-dealkylation sites (tertiary alicyclic amines) is 1. The molecule has 2 heterocycles. The van der Waals surface area contributed by atoms with E-state index in [4.69, 9.17) is 18.5 Å². The molecule has 0 bridgehead atoms. The maximum Gasteiger partial charge on any atom is 0.410 e. The zero-order valence-corrected chi connectivity index (χ0v) is 21.6. The average Bonchev–Trinajstić information content (AvgIpc) is 2.94. The molecule has 0 unspecified atom stereocenters.